The second-order valence-electron chi connectivity index (χ2n) is 7.15. The third kappa shape index (κ3) is 5.19. The first-order valence-corrected chi connectivity index (χ1v) is 12.0. The quantitative estimate of drug-likeness (QED) is 0.589. The standard InChI is InChI=1S/C21H23Cl2NO6S/c1-28-18-5-4-13(8-19(18)29-2)11-24(15-6-7-31(26,27)12-15)21(25)14-9-16(22)20(30-3)17(23)10-14/h4-5,8-10,15H,6-7,11-12H2,1-3H3/t15-/m1/s1. The molecule has 1 aliphatic heterocycles. The molecule has 10 heteroatoms. The Kier molecular flexibility index (Phi) is 7.24. The van der Waals surface area contributed by atoms with Gasteiger partial charge in [-0.25, -0.2) is 8.42 Å². The average molecular weight is 488 g/mol. The molecule has 0 bridgehead atoms. The van der Waals surface area contributed by atoms with Crippen LogP contribution in [-0.4, -0.2) is 58.1 Å². The van der Waals surface area contributed by atoms with Gasteiger partial charge in [0.2, 0.25) is 0 Å². The molecule has 7 nitrogen and oxygen atoms in total. The molecule has 0 N–H and O–H groups in total. The molecule has 0 unspecified atom stereocenters. The van der Waals surface area contributed by atoms with E-state index in [0.717, 1.165) is 5.56 Å². The fourth-order valence-electron chi connectivity index (χ4n) is 3.61. The van der Waals surface area contributed by atoms with Gasteiger partial charge in [-0.1, -0.05) is 29.3 Å². The van der Waals surface area contributed by atoms with Crippen LogP contribution in [0.25, 0.3) is 0 Å². The predicted octanol–water partition coefficient (Wildman–Crippen LogP) is 3.85. The van der Waals surface area contributed by atoms with Gasteiger partial charge >= 0.3 is 0 Å². The Morgan fingerprint density at radius 1 is 1.03 bits per heavy atom. The number of ether oxygens (including phenoxy) is 3. The van der Waals surface area contributed by atoms with Crippen LogP contribution in [0.4, 0.5) is 0 Å². The third-order valence-electron chi connectivity index (χ3n) is 5.16. The minimum atomic E-state index is -3.21. The number of rotatable bonds is 7. The number of sulfone groups is 1. The average Bonchev–Trinajstić information content (AvgIpc) is 3.10. The van der Waals surface area contributed by atoms with E-state index in [1.165, 1.54) is 33.5 Å². The first-order chi connectivity index (χ1) is 14.7. The number of carbonyl (C=O) groups is 1. The highest BCUT2D eigenvalue weighted by Crippen LogP contribution is 2.35. The first-order valence-electron chi connectivity index (χ1n) is 9.44. The molecule has 1 aliphatic rings. The summed E-state index contributed by atoms with van der Waals surface area (Å²) in [5.74, 6) is 0.919. The number of halogens is 2. The molecule has 3 rings (SSSR count). The molecule has 0 radical (unpaired) electrons. The summed E-state index contributed by atoms with van der Waals surface area (Å²) >= 11 is 12.4. The van der Waals surface area contributed by atoms with E-state index in [1.54, 1.807) is 23.1 Å². The van der Waals surface area contributed by atoms with E-state index in [4.69, 9.17) is 37.4 Å². The van der Waals surface area contributed by atoms with Gasteiger partial charge in [0.15, 0.2) is 27.1 Å². The lowest BCUT2D eigenvalue weighted by Gasteiger charge is -2.29. The molecule has 31 heavy (non-hydrogen) atoms. The van der Waals surface area contributed by atoms with Crippen molar-refractivity contribution in [2.45, 2.75) is 19.0 Å². The summed E-state index contributed by atoms with van der Waals surface area (Å²) in [7, 11) is 1.28. The lowest BCUT2D eigenvalue weighted by molar-refractivity contribution is 0.0680. The van der Waals surface area contributed by atoms with Gasteiger partial charge in [0, 0.05) is 18.2 Å². The Bertz CT molecular complexity index is 1070. The fraction of sp³-hybridized carbons (Fsp3) is 0.381. The van der Waals surface area contributed by atoms with Crippen molar-refractivity contribution in [3.63, 3.8) is 0 Å². The molecular formula is C21H23Cl2NO6S. The fourth-order valence-corrected chi connectivity index (χ4v) is 5.98. The molecule has 0 saturated carbocycles. The van der Waals surface area contributed by atoms with E-state index >= 15 is 0 Å². The molecule has 0 aromatic heterocycles. The Balaban J connectivity index is 1.98. The molecule has 168 valence electrons. The molecular weight excluding hydrogens is 465 g/mol. The first kappa shape index (κ1) is 23.5. The largest absolute Gasteiger partial charge is 0.494 e. The van der Waals surface area contributed by atoms with Crippen molar-refractivity contribution in [2.75, 3.05) is 32.8 Å². The van der Waals surface area contributed by atoms with E-state index in [2.05, 4.69) is 0 Å². The summed E-state index contributed by atoms with van der Waals surface area (Å²) in [4.78, 5) is 15.0. The van der Waals surface area contributed by atoms with Crippen LogP contribution in [0, 0.1) is 0 Å². The van der Waals surface area contributed by atoms with Gasteiger partial charge in [-0.15, -0.1) is 0 Å². The molecule has 2 aromatic carbocycles. The summed E-state index contributed by atoms with van der Waals surface area (Å²) in [6.45, 7) is 0.181. The molecule has 0 spiro atoms. The molecule has 2 aromatic rings. The number of benzene rings is 2. The maximum Gasteiger partial charge on any atom is 0.254 e. The van der Waals surface area contributed by atoms with Gasteiger partial charge in [0.1, 0.15) is 0 Å². The van der Waals surface area contributed by atoms with Gasteiger partial charge in [-0.2, -0.15) is 0 Å². The van der Waals surface area contributed by atoms with E-state index in [9.17, 15) is 13.2 Å². The zero-order chi connectivity index (χ0) is 22.8. The molecule has 1 heterocycles. The van der Waals surface area contributed by atoms with Crippen LogP contribution in [0.15, 0.2) is 30.3 Å². The zero-order valence-corrected chi connectivity index (χ0v) is 19.7. The number of methoxy groups -OCH3 is 3. The second kappa shape index (κ2) is 9.54. The smallest absolute Gasteiger partial charge is 0.254 e. The summed E-state index contributed by atoms with van der Waals surface area (Å²) in [5.41, 5.74) is 1.02. The van der Waals surface area contributed by atoms with E-state index < -0.39 is 15.9 Å². The van der Waals surface area contributed by atoms with Crippen molar-refractivity contribution < 1.29 is 27.4 Å². The maximum atomic E-state index is 13.4. The summed E-state index contributed by atoms with van der Waals surface area (Å²) < 4.78 is 40.0. The Labute approximate surface area is 191 Å². The number of carbonyl (C=O) groups excluding carboxylic acids is 1. The van der Waals surface area contributed by atoms with Crippen molar-refractivity contribution in [1.29, 1.82) is 0 Å². The highest BCUT2D eigenvalue weighted by atomic mass is 35.5. The highest BCUT2D eigenvalue weighted by Gasteiger charge is 2.35. The minimum absolute atomic E-state index is 0.0392. The normalized spacial score (nSPS) is 17.3. The number of nitrogens with zero attached hydrogens (tertiary/aromatic N) is 1. The van der Waals surface area contributed by atoms with Crippen LogP contribution in [-0.2, 0) is 16.4 Å². The van der Waals surface area contributed by atoms with Gasteiger partial charge < -0.3 is 19.1 Å². The van der Waals surface area contributed by atoms with Crippen LogP contribution in [0.2, 0.25) is 10.0 Å². The lowest BCUT2D eigenvalue weighted by Crippen LogP contribution is -2.40. The van der Waals surface area contributed by atoms with Crippen molar-refractivity contribution >= 4 is 38.9 Å². The van der Waals surface area contributed by atoms with Crippen LogP contribution >= 0.6 is 23.2 Å². The Hall–Kier alpha value is -2.16. The van der Waals surface area contributed by atoms with Crippen molar-refractivity contribution in [2.24, 2.45) is 0 Å². The maximum absolute atomic E-state index is 13.4. The predicted molar refractivity (Wildman–Crippen MR) is 119 cm³/mol. The molecule has 0 aliphatic carbocycles. The van der Waals surface area contributed by atoms with Gasteiger partial charge in [-0.05, 0) is 36.2 Å². The van der Waals surface area contributed by atoms with Crippen LogP contribution in [0.5, 0.6) is 17.2 Å². The minimum Gasteiger partial charge on any atom is -0.494 e. The Morgan fingerprint density at radius 3 is 2.19 bits per heavy atom. The SMILES string of the molecule is COc1ccc(CN(C(=O)c2cc(Cl)c(OC)c(Cl)c2)[C@@H]2CCS(=O)(=O)C2)cc1OC. The molecule has 1 atom stereocenters. The van der Waals surface area contributed by atoms with E-state index in [1.807, 2.05) is 0 Å². The molecule has 1 fully saturated rings. The lowest BCUT2D eigenvalue weighted by atomic mass is 10.1. The summed E-state index contributed by atoms with van der Waals surface area (Å²) in [6.07, 6.45) is 0.360. The monoisotopic (exact) mass is 487 g/mol. The summed E-state index contributed by atoms with van der Waals surface area (Å²) in [5, 5.41) is 0.395. The van der Waals surface area contributed by atoms with E-state index in [0.29, 0.717) is 17.9 Å². The van der Waals surface area contributed by atoms with Gasteiger partial charge in [0.25, 0.3) is 5.91 Å². The third-order valence-corrected chi connectivity index (χ3v) is 7.47. The van der Waals surface area contributed by atoms with E-state index in [-0.39, 0.29) is 45.3 Å². The van der Waals surface area contributed by atoms with Crippen LogP contribution in [0.1, 0.15) is 22.3 Å². The Morgan fingerprint density at radius 2 is 1.68 bits per heavy atom. The molecule has 1 amide bonds. The molecule has 1 saturated heterocycles. The van der Waals surface area contributed by atoms with Crippen molar-refractivity contribution in [3.05, 3.63) is 51.5 Å². The van der Waals surface area contributed by atoms with Gasteiger partial charge in [-0.3, -0.25) is 4.79 Å². The summed E-state index contributed by atoms with van der Waals surface area (Å²) in [6, 6.07) is 7.78. The topological polar surface area (TPSA) is 82.1 Å². The van der Waals surface area contributed by atoms with Crippen molar-refractivity contribution in [3.8, 4) is 17.2 Å². The second-order valence-corrected chi connectivity index (χ2v) is 10.2. The number of hydrogen-bond acceptors (Lipinski definition) is 6. The highest BCUT2D eigenvalue weighted by molar-refractivity contribution is 7.91. The zero-order valence-electron chi connectivity index (χ0n) is 17.4. The number of hydrogen-bond donors (Lipinski definition) is 0. The van der Waals surface area contributed by atoms with Gasteiger partial charge in [0.05, 0.1) is 42.9 Å². The number of amides is 1. The van der Waals surface area contributed by atoms with Crippen LogP contribution in [0.3, 0.4) is 0 Å². The van der Waals surface area contributed by atoms with Crippen molar-refractivity contribution in [1.82, 2.24) is 4.90 Å². The van der Waals surface area contributed by atoms with Crippen LogP contribution < -0.4 is 14.2 Å².